The van der Waals surface area contributed by atoms with Crippen LogP contribution in [0.15, 0.2) is 52.1 Å². The van der Waals surface area contributed by atoms with Crippen molar-refractivity contribution in [2.45, 2.75) is 38.0 Å². The molecule has 1 aromatic carbocycles. The van der Waals surface area contributed by atoms with Crippen LogP contribution >= 0.6 is 11.8 Å². The number of amides is 1. The van der Waals surface area contributed by atoms with E-state index in [0.29, 0.717) is 34.4 Å². The summed E-state index contributed by atoms with van der Waals surface area (Å²) in [6.45, 7) is 5.47. The molecular weight excluding hydrogens is 458 g/mol. The number of thioether (sulfide) groups is 1. The number of carbonyl (C=O) groups is 3. The summed E-state index contributed by atoms with van der Waals surface area (Å²) < 4.78 is 15.4. The number of nitrogens with zero attached hydrogens (tertiary/aromatic N) is 2. The Labute approximate surface area is 201 Å². The van der Waals surface area contributed by atoms with Crippen molar-refractivity contribution in [2.24, 2.45) is 0 Å². The monoisotopic (exact) mass is 483 g/mol. The molecule has 1 amide bonds. The van der Waals surface area contributed by atoms with Gasteiger partial charge >= 0.3 is 11.9 Å². The highest BCUT2D eigenvalue weighted by molar-refractivity contribution is 7.98. The van der Waals surface area contributed by atoms with E-state index in [1.807, 2.05) is 20.8 Å². The lowest BCUT2D eigenvalue weighted by molar-refractivity contribution is -0.119. The van der Waals surface area contributed by atoms with Gasteiger partial charge in [-0.1, -0.05) is 12.1 Å². The van der Waals surface area contributed by atoms with Crippen LogP contribution in [0.3, 0.4) is 0 Å². The first-order valence-electron chi connectivity index (χ1n) is 10.6. The molecule has 0 spiro atoms. The average molecular weight is 484 g/mol. The van der Waals surface area contributed by atoms with Gasteiger partial charge in [-0.05, 0) is 56.7 Å². The van der Waals surface area contributed by atoms with E-state index >= 15 is 0 Å². The molecule has 0 bridgehead atoms. The summed E-state index contributed by atoms with van der Waals surface area (Å²) in [4.78, 5) is 40.9. The summed E-state index contributed by atoms with van der Waals surface area (Å²) in [5.41, 5.74) is 2.84. The summed E-state index contributed by atoms with van der Waals surface area (Å²) in [6.07, 6.45) is 2.32. The Balaban J connectivity index is 1.53. The van der Waals surface area contributed by atoms with Gasteiger partial charge in [-0.3, -0.25) is 4.79 Å². The fraction of sp³-hybridized carbons (Fsp3) is 0.292. The zero-order valence-corrected chi connectivity index (χ0v) is 19.9. The maximum atomic E-state index is 12.6. The molecule has 178 valence electrons. The largest absolute Gasteiger partial charge is 0.462 e. The van der Waals surface area contributed by atoms with Gasteiger partial charge in [-0.25, -0.2) is 14.6 Å². The third kappa shape index (κ3) is 6.67. The number of pyridine rings is 1. The van der Waals surface area contributed by atoms with Gasteiger partial charge in [-0.15, -0.1) is 11.8 Å². The summed E-state index contributed by atoms with van der Waals surface area (Å²) in [6, 6.07) is 9.48. The third-order valence-electron chi connectivity index (χ3n) is 4.70. The first kappa shape index (κ1) is 25.0. The van der Waals surface area contributed by atoms with Crippen molar-refractivity contribution in [3.05, 3.63) is 70.7 Å². The van der Waals surface area contributed by atoms with Crippen molar-refractivity contribution in [1.82, 2.24) is 10.1 Å². The summed E-state index contributed by atoms with van der Waals surface area (Å²) in [7, 11) is 0. The molecular formula is C24H25N3O6S. The molecule has 0 saturated heterocycles. The minimum absolute atomic E-state index is 0.266. The van der Waals surface area contributed by atoms with E-state index < -0.39 is 24.5 Å². The normalized spacial score (nSPS) is 10.6. The average Bonchev–Trinajstić information content (AvgIpc) is 3.17. The zero-order chi connectivity index (χ0) is 24.5. The Morgan fingerprint density at radius 2 is 1.82 bits per heavy atom. The molecule has 1 N–H and O–H groups in total. The number of hydrogen-bond donors (Lipinski definition) is 1. The second kappa shape index (κ2) is 12.0. The number of aromatic nitrogens is 2. The van der Waals surface area contributed by atoms with Crippen LogP contribution in [-0.4, -0.2) is 41.2 Å². The minimum atomic E-state index is -0.654. The van der Waals surface area contributed by atoms with Gasteiger partial charge in [0.25, 0.3) is 5.91 Å². The molecule has 3 aromatic rings. The van der Waals surface area contributed by atoms with Crippen molar-refractivity contribution < 1.29 is 28.4 Å². The van der Waals surface area contributed by atoms with Gasteiger partial charge in [0.15, 0.2) is 6.61 Å². The van der Waals surface area contributed by atoms with Crippen LogP contribution in [0.5, 0.6) is 0 Å². The molecule has 0 atom stereocenters. The summed E-state index contributed by atoms with van der Waals surface area (Å²) >= 11 is 1.36. The van der Waals surface area contributed by atoms with Crippen molar-refractivity contribution in [3.63, 3.8) is 0 Å². The predicted molar refractivity (Wildman–Crippen MR) is 126 cm³/mol. The maximum absolute atomic E-state index is 12.6. The second-order valence-electron chi connectivity index (χ2n) is 7.29. The summed E-state index contributed by atoms with van der Waals surface area (Å²) in [5, 5.41) is 7.03. The van der Waals surface area contributed by atoms with Crippen molar-refractivity contribution in [1.29, 1.82) is 0 Å². The molecule has 9 nitrogen and oxygen atoms in total. The number of benzene rings is 1. The molecule has 0 fully saturated rings. The number of carbonyl (C=O) groups excluding carboxylic acids is 3. The second-order valence-corrected chi connectivity index (χ2v) is 8.25. The molecule has 2 aromatic heterocycles. The summed E-state index contributed by atoms with van der Waals surface area (Å²) in [5.74, 6) is -0.344. The molecule has 34 heavy (non-hydrogen) atoms. The lowest BCUT2D eigenvalue weighted by atomic mass is 10.2. The fourth-order valence-corrected chi connectivity index (χ4v) is 4.02. The lowest BCUT2D eigenvalue weighted by Crippen LogP contribution is -2.21. The maximum Gasteiger partial charge on any atom is 0.341 e. The van der Waals surface area contributed by atoms with Crippen molar-refractivity contribution in [2.75, 3.05) is 18.5 Å². The van der Waals surface area contributed by atoms with E-state index in [2.05, 4.69) is 15.5 Å². The van der Waals surface area contributed by atoms with Gasteiger partial charge in [0, 0.05) is 23.2 Å². The van der Waals surface area contributed by atoms with Gasteiger partial charge in [0.05, 0.1) is 23.4 Å². The third-order valence-corrected chi connectivity index (χ3v) is 5.73. The van der Waals surface area contributed by atoms with Crippen LogP contribution in [0.1, 0.15) is 51.1 Å². The minimum Gasteiger partial charge on any atom is -0.462 e. The first-order chi connectivity index (χ1) is 16.4. The highest BCUT2D eigenvalue weighted by atomic mass is 32.2. The van der Waals surface area contributed by atoms with Crippen LogP contribution in [0, 0.1) is 13.8 Å². The number of rotatable bonds is 10. The van der Waals surface area contributed by atoms with Crippen LogP contribution in [0.2, 0.25) is 0 Å². The van der Waals surface area contributed by atoms with Gasteiger partial charge < -0.3 is 19.3 Å². The number of ether oxygens (including phenoxy) is 2. The molecule has 0 aliphatic heterocycles. The van der Waals surface area contributed by atoms with E-state index in [-0.39, 0.29) is 5.56 Å². The van der Waals surface area contributed by atoms with Gasteiger partial charge in [-0.2, -0.15) is 0 Å². The van der Waals surface area contributed by atoms with Gasteiger partial charge in [0.2, 0.25) is 0 Å². The predicted octanol–water partition coefficient (Wildman–Crippen LogP) is 4.34. The van der Waals surface area contributed by atoms with E-state index in [1.165, 1.54) is 11.8 Å². The Morgan fingerprint density at radius 3 is 2.50 bits per heavy atom. The zero-order valence-electron chi connectivity index (χ0n) is 19.1. The number of nitrogens with one attached hydrogen (secondary N) is 1. The molecule has 0 saturated carbocycles. The van der Waals surface area contributed by atoms with Crippen molar-refractivity contribution in [3.8, 4) is 0 Å². The van der Waals surface area contributed by atoms with Crippen LogP contribution in [0.25, 0.3) is 0 Å². The standard InChI is InChI=1S/C24H25N3O6S/c1-4-12-31-23(29)17-7-9-18(10-8-17)26-21(28)13-32-24(30)19-6-5-11-25-22(19)34-14-20-15(2)27-33-16(20)3/h5-11H,4,12-14H2,1-3H3,(H,26,28). The topological polar surface area (TPSA) is 121 Å². The van der Waals surface area contributed by atoms with Gasteiger partial charge in [0.1, 0.15) is 10.8 Å². The van der Waals surface area contributed by atoms with E-state index in [0.717, 1.165) is 17.7 Å². The quantitative estimate of drug-likeness (QED) is 0.331. The van der Waals surface area contributed by atoms with E-state index in [4.69, 9.17) is 14.0 Å². The number of esters is 2. The van der Waals surface area contributed by atoms with Crippen LogP contribution in [-0.2, 0) is 20.0 Å². The SMILES string of the molecule is CCCOC(=O)c1ccc(NC(=O)COC(=O)c2cccnc2SCc2c(C)noc2C)cc1. The molecule has 0 aliphatic carbocycles. The van der Waals surface area contributed by atoms with Crippen LogP contribution in [0.4, 0.5) is 5.69 Å². The highest BCUT2D eigenvalue weighted by Crippen LogP contribution is 2.27. The molecule has 0 aliphatic rings. The van der Waals surface area contributed by atoms with Crippen molar-refractivity contribution >= 4 is 35.3 Å². The van der Waals surface area contributed by atoms with E-state index in [1.54, 1.807) is 42.6 Å². The fourth-order valence-electron chi connectivity index (χ4n) is 2.88. The molecule has 0 radical (unpaired) electrons. The Bertz CT molecular complexity index is 1140. The first-order valence-corrected chi connectivity index (χ1v) is 11.6. The Hall–Kier alpha value is -3.66. The molecule has 3 rings (SSSR count). The highest BCUT2D eigenvalue weighted by Gasteiger charge is 2.18. The smallest absolute Gasteiger partial charge is 0.341 e. The Morgan fingerprint density at radius 1 is 1.06 bits per heavy atom. The van der Waals surface area contributed by atoms with Crippen LogP contribution < -0.4 is 5.32 Å². The molecule has 2 heterocycles. The molecule has 0 unspecified atom stereocenters. The Kier molecular flexibility index (Phi) is 8.80. The number of aryl methyl sites for hydroxylation is 2. The number of anilines is 1. The number of hydrogen-bond acceptors (Lipinski definition) is 9. The molecule has 10 heteroatoms. The lowest BCUT2D eigenvalue weighted by Gasteiger charge is -2.09. The van der Waals surface area contributed by atoms with E-state index in [9.17, 15) is 14.4 Å².